The zero-order valence-corrected chi connectivity index (χ0v) is 15.8. The lowest BCUT2D eigenvalue weighted by Gasteiger charge is -2.42. The average Bonchev–Trinajstić information content (AvgIpc) is 2.97. The number of urea groups is 1. The summed E-state index contributed by atoms with van der Waals surface area (Å²) in [4.78, 5) is 16.7. The van der Waals surface area contributed by atoms with E-state index in [1.807, 2.05) is 30.8 Å². The molecule has 1 saturated heterocycles. The number of phenols is 1. The Morgan fingerprint density at radius 2 is 2.12 bits per heavy atom. The predicted octanol–water partition coefficient (Wildman–Crippen LogP) is 3.09. The number of carbonyl (C=O) groups excluding carboxylic acids is 1. The fourth-order valence-corrected chi connectivity index (χ4v) is 4.82. The Kier molecular flexibility index (Phi) is 4.31. The second kappa shape index (κ2) is 6.50. The van der Waals surface area contributed by atoms with E-state index in [-0.39, 0.29) is 6.03 Å². The van der Waals surface area contributed by atoms with E-state index in [0.29, 0.717) is 30.8 Å². The second-order valence-corrected chi connectivity index (χ2v) is 7.51. The summed E-state index contributed by atoms with van der Waals surface area (Å²) in [6.45, 7) is 6.41. The highest BCUT2D eigenvalue weighted by Crippen LogP contribution is 2.47. The molecule has 0 saturated carbocycles. The van der Waals surface area contributed by atoms with Gasteiger partial charge in [-0.05, 0) is 64.4 Å². The minimum atomic E-state index is -0.0955. The molecule has 2 aromatic rings. The molecule has 1 aliphatic heterocycles. The molecular weight excluding hydrogens is 328 g/mol. The van der Waals surface area contributed by atoms with Gasteiger partial charge in [0.25, 0.3) is 0 Å². The van der Waals surface area contributed by atoms with Crippen LogP contribution < -0.4 is 5.43 Å². The van der Waals surface area contributed by atoms with E-state index in [4.69, 9.17) is 0 Å². The predicted molar refractivity (Wildman–Crippen MR) is 103 cm³/mol. The maximum atomic E-state index is 12.5. The van der Waals surface area contributed by atoms with Crippen LogP contribution >= 0.6 is 0 Å². The van der Waals surface area contributed by atoms with Crippen molar-refractivity contribution < 1.29 is 9.90 Å². The molecule has 1 aliphatic carbocycles. The van der Waals surface area contributed by atoms with Crippen LogP contribution in [0, 0.1) is 0 Å². The van der Waals surface area contributed by atoms with Gasteiger partial charge in [0.2, 0.25) is 0 Å². The minimum absolute atomic E-state index is 0.0955. The Morgan fingerprint density at radius 1 is 1.35 bits per heavy atom. The van der Waals surface area contributed by atoms with Crippen LogP contribution in [0.1, 0.15) is 43.7 Å². The zero-order valence-electron chi connectivity index (χ0n) is 15.8. The van der Waals surface area contributed by atoms with Gasteiger partial charge in [-0.2, -0.15) is 0 Å². The summed E-state index contributed by atoms with van der Waals surface area (Å²) in [5.41, 5.74) is 6.26. The Morgan fingerprint density at radius 3 is 2.85 bits per heavy atom. The van der Waals surface area contributed by atoms with Gasteiger partial charge in [-0.1, -0.05) is 0 Å². The summed E-state index contributed by atoms with van der Waals surface area (Å²) < 4.78 is 1.84. The molecule has 0 unspecified atom stereocenters. The van der Waals surface area contributed by atoms with Crippen molar-refractivity contribution in [2.75, 3.05) is 32.1 Å². The molecule has 0 radical (unpaired) electrons. The number of amides is 2. The highest BCUT2D eigenvalue weighted by molar-refractivity contribution is 5.93. The third-order valence-corrected chi connectivity index (χ3v) is 6.19. The molecule has 6 heteroatoms. The van der Waals surface area contributed by atoms with Crippen molar-refractivity contribution in [1.82, 2.24) is 14.5 Å². The van der Waals surface area contributed by atoms with Gasteiger partial charge in [0.15, 0.2) is 0 Å². The van der Waals surface area contributed by atoms with Crippen LogP contribution in [0.15, 0.2) is 18.3 Å². The molecule has 140 valence electrons. The minimum Gasteiger partial charge on any atom is -0.508 e. The smallest absolute Gasteiger partial charge is 0.336 e. The molecule has 0 spiro atoms. The van der Waals surface area contributed by atoms with Crippen molar-refractivity contribution in [1.29, 1.82) is 0 Å². The SMILES string of the molecule is CCN(CC)C(=O)Nn1cc2c3c(c(O)ccc31)[C@H]1CCCN(C)[C@@H]1C2. The lowest BCUT2D eigenvalue weighted by molar-refractivity contribution is 0.155. The maximum Gasteiger partial charge on any atom is 0.336 e. The molecule has 2 atom stereocenters. The number of rotatable bonds is 3. The summed E-state index contributed by atoms with van der Waals surface area (Å²) in [6, 6.07) is 4.01. The molecular formula is C20H28N4O2. The first-order chi connectivity index (χ1) is 12.5. The van der Waals surface area contributed by atoms with Crippen LogP contribution in [0.2, 0.25) is 0 Å². The Balaban J connectivity index is 1.79. The van der Waals surface area contributed by atoms with Crippen LogP contribution in [0.3, 0.4) is 0 Å². The van der Waals surface area contributed by atoms with Gasteiger partial charge in [-0.25, -0.2) is 10.2 Å². The van der Waals surface area contributed by atoms with Crippen LogP contribution in [0.25, 0.3) is 10.9 Å². The van der Waals surface area contributed by atoms with Crippen molar-refractivity contribution in [3.8, 4) is 5.75 Å². The number of nitrogens with zero attached hydrogens (tertiary/aromatic N) is 3. The first kappa shape index (κ1) is 17.2. The molecule has 26 heavy (non-hydrogen) atoms. The van der Waals surface area contributed by atoms with Crippen molar-refractivity contribution in [2.24, 2.45) is 0 Å². The lowest BCUT2D eigenvalue weighted by Crippen LogP contribution is -2.44. The Labute approximate surface area is 154 Å². The van der Waals surface area contributed by atoms with E-state index in [0.717, 1.165) is 42.3 Å². The van der Waals surface area contributed by atoms with E-state index in [2.05, 4.69) is 17.4 Å². The van der Waals surface area contributed by atoms with Gasteiger partial charge in [0, 0.05) is 42.2 Å². The fraction of sp³-hybridized carbons (Fsp3) is 0.550. The number of hydrogen-bond acceptors (Lipinski definition) is 3. The number of nitrogens with one attached hydrogen (secondary N) is 1. The van der Waals surface area contributed by atoms with E-state index >= 15 is 0 Å². The van der Waals surface area contributed by atoms with Gasteiger partial charge in [-0.3, -0.25) is 4.68 Å². The summed E-state index contributed by atoms with van der Waals surface area (Å²) in [5, 5.41) is 11.8. The topological polar surface area (TPSA) is 60.7 Å². The van der Waals surface area contributed by atoms with Gasteiger partial charge in [-0.15, -0.1) is 0 Å². The van der Waals surface area contributed by atoms with Gasteiger partial charge in [0.05, 0.1) is 5.52 Å². The number of hydrogen-bond donors (Lipinski definition) is 2. The largest absolute Gasteiger partial charge is 0.508 e. The van der Waals surface area contributed by atoms with Crippen LogP contribution in [-0.2, 0) is 6.42 Å². The molecule has 2 heterocycles. The molecule has 2 N–H and O–H groups in total. The van der Waals surface area contributed by atoms with E-state index < -0.39 is 0 Å². The number of aromatic hydroxyl groups is 1. The van der Waals surface area contributed by atoms with Crippen LogP contribution in [-0.4, -0.2) is 58.3 Å². The first-order valence-corrected chi connectivity index (χ1v) is 9.67. The lowest BCUT2D eigenvalue weighted by atomic mass is 9.75. The first-order valence-electron chi connectivity index (χ1n) is 9.67. The molecule has 1 aromatic carbocycles. The maximum absolute atomic E-state index is 12.5. The van der Waals surface area contributed by atoms with Gasteiger partial charge >= 0.3 is 6.03 Å². The Hall–Kier alpha value is -2.21. The summed E-state index contributed by atoms with van der Waals surface area (Å²) in [6.07, 6.45) is 5.26. The monoisotopic (exact) mass is 356 g/mol. The van der Waals surface area contributed by atoms with Crippen molar-refractivity contribution in [3.05, 3.63) is 29.5 Å². The fourth-order valence-electron chi connectivity index (χ4n) is 4.82. The number of carbonyl (C=O) groups is 1. The van der Waals surface area contributed by atoms with Crippen molar-refractivity contribution in [2.45, 2.75) is 45.1 Å². The van der Waals surface area contributed by atoms with Crippen LogP contribution in [0.4, 0.5) is 4.79 Å². The number of likely N-dealkylation sites (tertiary alicyclic amines) is 1. The third kappa shape index (κ3) is 2.55. The summed E-state index contributed by atoms with van der Waals surface area (Å²) in [7, 11) is 2.18. The molecule has 1 aromatic heterocycles. The zero-order chi connectivity index (χ0) is 18.4. The standard InChI is InChI=1S/C20H28N4O2/c1-4-23(5-2)20(26)21-24-12-13-11-16-14(7-6-10-22(16)3)19-17(25)9-8-15(24)18(13)19/h8-9,12,14,16,25H,4-7,10-11H2,1-3H3,(H,21,26)/t14-,16+/m0/s1. The van der Waals surface area contributed by atoms with E-state index in [1.54, 1.807) is 11.0 Å². The number of likely N-dealkylation sites (N-methyl/N-ethyl adjacent to an activating group) is 1. The van der Waals surface area contributed by atoms with Gasteiger partial charge < -0.3 is 14.9 Å². The van der Waals surface area contributed by atoms with Crippen LogP contribution in [0.5, 0.6) is 5.75 Å². The van der Waals surface area contributed by atoms with Crippen molar-refractivity contribution >= 4 is 16.9 Å². The van der Waals surface area contributed by atoms with E-state index in [9.17, 15) is 9.90 Å². The molecule has 6 nitrogen and oxygen atoms in total. The number of phenolic OH excluding ortho intramolecular Hbond substituents is 1. The summed E-state index contributed by atoms with van der Waals surface area (Å²) in [5.74, 6) is 0.746. The third-order valence-electron chi connectivity index (χ3n) is 6.19. The average molecular weight is 356 g/mol. The number of aromatic nitrogens is 1. The molecule has 4 rings (SSSR count). The Bertz CT molecular complexity index is 840. The highest BCUT2D eigenvalue weighted by atomic mass is 16.3. The number of benzene rings is 1. The molecule has 0 bridgehead atoms. The number of piperidine rings is 1. The molecule has 2 amide bonds. The highest BCUT2D eigenvalue weighted by Gasteiger charge is 2.38. The normalized spacial score (nSPS) is 22.3. The number of fused-ring (bicyclic) bond motifs is 2. The molecule has 1 fully saturated rings. The van der Waals surface area contributed by atoms with Gasteiger partial charge in [0.1, 0.15) is 5.75 Å². The quantitative estimate of drug-likeness (QED) is 0.888. The summed E-state index contributed by atoms with van der Waals surface area (Å²) >= 11 is 0. The van der Waals surface area contributed by atoms with Crippen molar-refractivity contribution in [3.63, 3.8) is 0 Å². The second-order valence-electron chi connectivity index (χ2n) is 7.51. The van der Waals surface area contributed by atoms with E-state index in [1.165, 1.54) is 5.56 Å². The molecule has 2 aliphatic rings.